The highest BCUT2D eigenvalue weighted by atomic mass is 32.2. The zero-order chi connectivity index (χ0) is 40.9. The number of fused-ring (bicyclic) bond motifs is 6. The summed E-state index contributed by atoms with van der Waals surface area (Å²) in [6.07, 6.45) is 0.360. The second-order valence-electron chi connectivity index (χ2n) is 12.1. The molecule has 1 amide bonds. The molecule has 1 unspecified atom stereocenters. The van der Waals surface area contributed by atoms with Crippen molar-refractivity contribution in [2.45, 2.75) is 40.8 Å². The predicted octanol–water partition coefficient (Wildman–Crippen LogP) is 7.91. The van der Waals surface area contributed by atoms with Crippen LogP contribution in [0.25, 0.3) is 55.8 Å². The Morgan fingerprint density at radius 3 is 2.36 bits per heavy atom. The molecule has 4 heterocycles. The molecular weight excluding hydrogens is 745 g/mol. The van der Waals surface area contributed by atoms with Gasteiger partial charge in [0.15, 0.2) is 6.23 Å². The average Bonchev–Trinajstić information content (AvgIpc) is 3.78. The third kappa shape index (κ3) is 7.95. The molecule has 0 bridgehead atoms. The van der Waals surface area contributed by atoms with E-state index in [2.05, 4.69) is 10.6 Å². The standard InChI is InChI=1S/C37H33F2N5O7S.2C2H6/c1-5-49-33(45)19-41-18-32-44-27-8-6-7-25(39)22(27)16-29(44)35-30(50-32)14-13-26(42-35)23-15-24-31(17-28(23)43(3)52(4,47)48)51-36(34(24)37(46)40-2)20-9-11-21(38)12-10-20;2*1-2/h6-17,32,41H,5,18-19H2,1-4H3,(H,40,46);2*1-2H3. The number of carbonyl (C=O) groups excluding carboxylic acids is 2. The van der Waals surface area contributed by atoms with E-state index in [0.29, 0.717) is 50.2 Å². The lowest BCUT2D eigenvalue weighted by molar-refractivity contribution is -0.142. The number of nitrogens with one attached hydrogen (secondary N) is 2. The predicted molar refractivity (Wildman–Crippen MR) is 214 cm³/mol. The van der Waals surface area contributed by atoms with Crippen LogP contribution in [0.15, 0.2) is 77.2 Å². The minimum absolute atomic E-state index is 0.0608. The number of hydrogen-bond donors (Lipinski definition) is 2. The summed E-state index contributed by atoms with van der Waals surface area (Å²) in [5, 5.41) is 6.36. The molecule has 0 aliphatic carbocycles. The fourth-order valence-corrected chi connectivity index (χ4v) is 6.86. The highest BCUT2D eigenvalue weighted by molar-refractivity contribution is 7.92. The van der Waals surface area contributed by atoms with Gasteiger partial charge in [-0.3, -0.25) is 13.9 Å². The number of amides is 1. The number of anilines is 1. The second-order valence-corrected chi connectivity index (χ2v) is 14.1. The van der Waals surface area contributed by atoms with E-state index in [4.69, 9.17) is 18.9 Å². The summed E-state index contributed by atoms with van der Waals surface area (Å²) in [6.45, 7) is 10.1. The molecule has 1 atom stereocenters. The lowest BCUT2D eigenvalue weighted by Crippen LogP contribution is -2.35. The van der Waals surface area contributed by atoms with Gasteiger partial charge in [-0.2, -0.15) is 0 Å². The molecule has 0 saturated heterocycles. The van der Waals surface area contributed by atoms with Gasteiger partial charge < -0.3 is 29.1 Å². The molecule has 6 aromatic rings. The first-order valence-corrected chi connectivity index (χ1v) is 20.1. The van der Waals surface area contributed by atoms with Crippen LogP contribution in [0, 0.1) is 11.6 Å². The van der Waals surface area contributed by atoms with Gasteiger partial charge in [-0.25, -0.2) is 22.2 Å². The number of aromatic nitrogens is 2. The molecule has 1 aliphatic rings. The Morgan fingerprint density at radius 1 is 0.982 bits per heavy atom. The first-order valence-electron chi connectivity index (χ1n) is 18.3. The molecule has 15 heteroatoms. The summed E-state index contributed by atoms with van der Waals surface area (Å²) in [4.78, 5) is 30.3. The number of benzene rings is 3. The van der Waals surface area contributed by atoms with E-state index in [0.717, 1.165) is 10.6 Å². The smallest absolute Gasteiger partial charge is 0.319 e. The van der Waals surface area contributed by atoms with Gasteiger partial charge in [-0.05, 0) is 67.6 Å². The Morgan fingerprint density at radius 2 is 1.70 bits per heavy atom. The van der Waals surface area contributed by atoms with Crippen LogP contribution in [-0.2, 0) is 19.6 Å². The number of hydrogen-bond acceptors (Lipinski definition) is 9. The quantitative estimate of drug-likeness (QED) is 0.132. The number of ether oxygens (including phenoxy) is 2. The van der Waals surface area contributed by atoms with Crippen LogP contribution in [0.2, 0.25) is 0 Å². The molecule has 56 heavy (non-hydrogen) atoms. The highest BCUT2D eigenvalue weighted by Crippen LogP contribution is 2.45. The number of pyridine rings is 1. The summed E-state index contributed by atoms with van der Waals surface area (Å²) in [5.74, 6) is -1.28. The number of sulfonamides is 1. The van der Waals surface area contributed by atoms with Gasteiger partial charge in [0.1, 0.15) is 34.4 Å². The van der Waals surface area contributed by atoms with Crippen molar-refractivity contribution in [3.8, 4) is 39.7 Å². The van der Waals surface area contributed by atoms with Crippen LogP contribution in [0.3, 0.4) is 0 Å². The van der Waals surface area contributed by atoms with Crippen molar-refractivity contribution in [2.24, 2.45) is 0 Å². The molecule has 3 aromatic heterocycles. The largest absolute Gasteiger partial charge is 0.466 e. The van der Waals surface area contributed by atoms with E-state index in [9.17, 15) is 22.4 Å². The molecule has 1 aliphatic heterocycles. The van der Waals surface area contributed by atoms with Gasteiger partial charge in [0.2, 0.25) is 10.0 Å². The van der Waals surface area contributed by atoms with Crippen molar-refractivity contribution in [2.75, 3.05) is 44.4 Å². The van der Waals surface area contributed by atoms with Gasteiger partial charge in [-0.15, -0.1) is 0 Å². The SMILES string of the molecule is CC.CC.CCOC(=O)CNCC1Oc2ccc(-c3cc4c(C(=O)NC)c(-c5ccc(F)cc5)oc4cc3N(C)S(C)(=O)=O)nc2-c2cc3c(F)cccc3n21. The second kappa shape index (κ2) is 17.3. The van der Waals surface area contributed by atoms with E-state index in [-0.39, 0.29) is 42.3 Å². The van der Waals surface area contributed by atoms with Crippen molar-refractivity contribution >= 4 is 49.5 Å². The van der Waals surface area contributed by atoms with Crippen molar-refractivity contribution in [1.29, 1.82) is 0 Å². The molecule has 0 fully saturated rings. The maximum absolute atomic E-state index is 15.2. The number of carbonyl (C=O) groups is 2. The molecule has 2 N–H and O–H groups in total. The first kappa shape index (κ1) is 41.4. The van der Waals surface area contributed by atoms with E-state index in [1.54, 1.807) is 47.9 Å². The molecule has 0 saturated carbocycles. The summed E-state index contributed by atoms with van der Waals surface area (Å²) in [5.41, 5.74) is 3.09. The van der Waals surface area contributed by atoms with E-state index in [1.807, 2.05) is 27.7 Å². The van der Waals surface area contributed by atoms with Crippen molar-refractivity contribution in [3.63, 3.8) is 0 Å². The van der Waals surface area contributed by atoms with Crippen LogP contribution in [0.5, 0.6) is 5.75 Å². The van der Waals surface area contributed by atoms with Gasteiger partial charge in [0.25, 0.3) is 5.91 Å². The Hall–Kier alpha value is -5.80. The Balaban J connectivity index is 0.00000145. The Bertz CT molecular complexity index is 2500. The van der Waals surface area contributed by atoms with Crippen LogP contribution in [-0.4, -0.2) is 69.9 Å². The van der Waals surface area contributed by atoms with Crippen molar-refractivity contribution in [1.82, 2.24) is 20.2 Å². The fraction of sp³-hybridized carbons (Fsp3) is 0.293. The van der Waals surface area contributed by atoms with Gasteiger partial charge >= 0.3 is 5.97 Å². The summed E-state index contributed by atoms with van der Waals surface area (Å²) in [6, 6.07) is 18.3. The van der Waals surface area contributed by atoms with E-state index < -0.39 is 39.8 Å². The topological polar surface area (TPSA) is 145 Å². The van der Waals surface area contributed by atoms with E-state index in [1.165, 1.54) is 50.5 Å². The molecule has 3 aromatic carbocycles. The zero-order valence-corrected chi connectivity index (χ0v) is 33.3. The number of furan rings is 1. The lowest BCUT2D eigenvalue weighted by Gasteiger charge is -2.30. The summed E-state index contributed by atoms with van der Waals surface area (Å²) >= 11 is 0. The van der Waals surface area contributed by atoms with E-state index >= 15 is 4.39 Å². The minimum atomic E-state index is -3.82. The van der Waals surface area contributed by atoms with Gasteiger partial charge in [-0.1, -0.05) is 33.8 Å². The zero-order valence-electron chi connectivity index (χ0n) is 32.5. The maximum Gasteiger partial charge on any atom is 0.319 e. The Labute approximate surface area is 324 Å². The maximum atomic E-state index is 15.2. The molecule has 12 nitrogen and oxygen atoms in total. The molecule has 7 rings (SSSR count). The van der Waals surface area contributed by atoms with Crippen LogP contribution in [0.1, 0.15) is 51.2 Å². The number of nitrogens with zero attached hydrogens (tertiary/aromatic N) is 3. The summed E-state index contributed by atoms with van der Waals surface area (Å²) < 4.78 is 75.3. The number of halogens is 2. The Kier molecular flexibility index (Phi) is 12.8. The minimum Gasteiger partial charge on any atom is -0.466 e. The van der Waals surface area contributed by atoms with Crippen molar-refractivity contribution in [3.05, 3.63) is 90.0 Å². The third-order valence-electron chi connectivity index (χ3n) is 8.86. The van der Waals surface area contributed by atoms with Gasteiger partial charge in [0.05, 0.1) is 54.1 Å². The molecular formula is C41H45F2N5O7S. The fourth-order valence-electron chi connectivity index (χ4n) is 6.36. The van der Waals surface area contributed by atoms with Crippen molar-refractivity contribution < 1.29 is 40.7 Å². The highest BCUT2D eigenvalue weighted by Gasteiger charge is 2.31. The summed E-state index contributed by atoms with van der Waals surface area (Å²) in [7, 11) is -0.962. The molecule has 0 radical (unpaired) electrons. The van der Waals surface area contributed by atoms with Crippen LogP contribution >= 0.6 is 0 Å². The number of rotatable bonds is 10. The first-order chi connectivity index (χ1) is 26.9. The van der Waals surface area contributed by atoms with Crippen LogP contribution < -0.4 is 19.7 Å². The normalized spacial score (nSPS) is 13.0. The molecule has 0 spiro atoms. The number of esters is 1. The average molecular weight is 790 g/mol. The third-order valence-corrected chi connectivity index (χ3v) is 10.0. The molecule has 296 valence electrons. The monoisotopic (exact) mass is 789 g/mol. The lowest BCUT2D eigenvalue weighted by atomic mass is 10.0. The van der Waals surface area contributed by atoms with Gasteiger partial charge in [0, 0.05) is 42.1 Å². The van der Waals surface area contributed by atoms with Crippen LogP contribution in [0.4, 0.5) is 14.5 Å².